The van der Waals surface area contributed by atoms with Crippen LogP contribution in [0.25, 0.3) is 0 Å². The maximum absolute atomic E-state index is 11.4. The third-order valence-corrected chi connectivity index (χ3v) is 5.73. The molecule has 2 aliphatic rings. The number of nitrogens with zero attached hydrogens (tertiary/aromatic N) is 3. The van der Waals surface area contributed by atoms with Gasteiger partial charge in [-0.15, -0.1) is 0 Å². The van der Waals surface area contributed by atoms with Crippen LogP contribution >= 0.6 is 11.8 Å². The molecule has 2 saturated heterocycles. The summed E-state index contributed by atoms with van der Waals surface area (Å²) in [6, 6.07) is 10.3. The fourth-order valence-electron chi connectivity index (χ4n) is 3.53. The summed E-state index contributed by atoms with van der Waals surface area (Å²) in [6.45, 7) is 3.15. The zero-order valence-electron chi connectivity index (χ0n) is 14.6. The Morgan fingerprint density at radius 2 is 2.00 bits per heavy atom. The number of hydrogen-bond acceptors (Lipinski definition) is 6. The number of thioether (sulfide) groups is 1. The smallest absolute Gasteiger partial charge is 0.407 e. The molecule has 0 aliphatic carbocycles. The second-order valence-corrected chi connectivity index (χ2v) is 7.83. The molecular formula is C19H22N4O2S. The molecule has 1 amide bonds. The highest BCUT2D eigenvalue weighted by Gasteiger charge is 2.43. The number of likely N-dealkylation sites (tertiary alicyclic amines) is 1. The summed E-state index contributed by atoms with van der Waals surface area (Å²) >= 11 is 1.64. The predicted molar refractivity (Wildman–Crippen MR) is 99.8 cm³/mol. The zero-order chi connectivity index (χ0) is 17.8. The molecule has 1 N–H and O–H groups in total. The fourth-order valence-corrected chi connectivity index (χ4v) is 4.28. The molecule has 6 nitrogen and oxygen atoms in total. The Morgan fingerprint density at radius 1 is 1.19 bits per heavy atom. The SMILES string of the molecule is O=C1NC[C@@]2(CCCN(Cc3cnc(SCc4ccccc4)nc3)C2)O1. The molecule has 0 unspecified atom stereocenters. The van der Waals surface area contributed by atoms with E-state index in [9.17, 15) is 4.79 Å². The summed E-state index contributed by atoms with van der Waals surface area (Å²) in [5, 5.41) is 3.58. The molecule has 1 aromatic carbocycles. The third kappa shape index (κ3) is 4.16. The fraction of sp³-hybridized carbons (Fsp3) is 0.421. The second kappa shape index (κ2) is 7.63. The van der Waals surface area contributed by atoms with Crippen molar-refractivity contribution in [1.82, 2.24) is 20.2 Å². The Balaban J connectivity index is 1.32. The Bertz CT molecular complexity index is 756. The Morgan fingerprint density at radius 3 is 2.73 bits per heavy atom. The topological polar surface area (TPSA) is 67.4 Å². The second-order valence-electron chi connectivity index (χ2n) is 6.89. The van der Waals surface area contributed by atoms with Gasteiger partial charge in [0.2, 0.25) is 0 Å². The van der Waals surface area contributed by atoms with Gasteiger partial charge in [0.15, 0.2) is 5.16 Å². The predicted octanol–water partition coefficient (Wildman–Crippen LogP) is 2.84. The van der Waals surface area contributed by atoms with Crippen LogP contribution in [0.4, 0.5) is 4.79 Å². The molecular weight excluding hydrogens is 348 g/mol. The van der Waals surface area contributed by atoms with Gasteiger partial charge in [0.1, 0.15) is 5.60 Å². The van der Waals surface area contributed by atoms with E-state index in [1.165, 1.54) is 5.56 Å². The van der Waals surface area contributed by atoms with E-state index in [2.05, 4.69) is 32.3 Å². The minimum atomic E-state index is -0.359. The van der Waals surface area contributed by atoms with Gasteiger partial charge in [0.05, 0.1) is 6.54 Å². The van der Waals surface area contributed by atoms with Crippen LogP contribution in [0.1, 0.15) is 24.0 Å². The van der Waals surface area contributed by atoms with Crippen LogP contribution in [0.2, 0.25) is 0 Å². The molecule has 0 radical (unpaired) electrons. The number of ether oxygens (including phenoxy) is 1. The van der Waals surface area contributed by atoms with Gasteiger partial charge in [-0.25, -0.2) is 14.8 Å². The van der Waals surface area contributed by atoms with Crippen LogP contribution in [-0.2, 0) is 17.0 Å². The molecule has 2 aliphatic heterocycles. The number of hydrogen-bond donors (Lipinski definition) is 1. The lowest BCUT2D eigenvalue weighted by atomic mass is 9.93. The van der Waals surface area contributed by atoms with E-state index in [1.54, 1.807) is 11.8 Å². The summed E-state index contributed by atoms with van der Waals surface area (Å²) in [4.78, 5) is 22.7. The number of aromatic nitrogens is 2. The lowest BCUT2D eigenvalue weighted by molar-refractivity contribution is -0.0111. The van der Waals surface area contributed by atoms with Gasteiger partial charge < -0.3 is 10.1 Å². The lowest BCUT2D eigenvalue weighted by Crippen LogP contribution is -2.50. The first-order valence-corrected chi connectivity index (χ1v) is 9.86. The maximum Gasteiger partial charge on any atom is 0.407 e. The highest BCUT2D eigenvalue weighted by Crippen LogP contribution is 2.29. The molecule has 0 bridgehead atoms. The first-order chi connectivity index (χ1) is 12.7. The van der Waals surface area contributed by atoms with Gasteiger partial charge in [0, 0.05) is 36.8 Å². The Kier molecular flexibility index (Phi) is 5.08. The number of carbonyl (C=O) groups is 1. The summed E-state index contributed by atoms with van der Waals surface area (Å²) in [5.41, 5.74) is 1.99. The van der Waals surface area contributed by atoms with Gasteiger partial charge in [-0.2, -0.15) is 0 Å². The van der Waals surface area contributed by atoms with Gasteiger partial charge in [-0.3, -0.25) is 4.90 Å². The van der Waals surface area contributed by atoms with E-state index in [0.29, 0.717) is 6.54 Å². The first kappa shape index (κ1) is 17.3. The molecule has 2 fully saturated rings. The average molecular weight is 370 g/mol. The van der Waals surface area contributed by atoms with Gasteiger partial charge in [-0.05, 0) is 24.9 Å². The van der Waals surface area contributed by atoms with Crippen molar-refractivity contribution in [1.29, 1.82) is 0 Å². The number of nitrogens with one attached hydrogen (secondary N) is 1. The van der Waals surface area contributed by atoms with E-state index < -0.39 is 0 Å². The lowest BCUT2D eigenvalue weighted by Gasteiger charge is -2.38. The first-order valence-electron chi connectivity index (χ1n) is 8.88. The van der Waals surface area contributed by atoms with Crippen molar-refractivity contribution in [2.45, 2.75) is 35.9 Å². The van der Waals surface area contributed by atoms with Crippen molar-refractivity contribution in [3.63, 3.8) is 0 Å². The van der Waals surface area contributed by atoms with Gasteiger partial charge in [0.25, 0.3) is 0 Å². The minimum absolute atomic E-state index is 0.296. The van der Waals surface area contributed by atoms with Crippen molar-refractivity contribution >= 4 is 17.9 Å². The maximum atomic E-state index is 11.4. The molecule has 7 heteroatoms. The highest BCUT2D eigenvalue weighted by atomic mass is 32.2. The van der Waals surface area contributed by atoms with Crippen LogP contribution in [0, 0.1) is 0 Å². The molecule has 0 saturated carbocycles. The molecule has 4 rings (SSSR count). The van der Waals surface area contributed by atoms with Crippen LogP contribution < -0.4 is 5.32 Å². The monoisotopic (exact) mass is 370 g/mol. The number of alkyl carbamates (subject to hydrolysis) is 1. The Hall–Kier alpha value is -2.12. The standard InChI is InChI=1S/C19H22N4O2S/c24-18-22-13-19(25-18)7-4-8-23(14-19)11-16-9-20-17(21-10-16)26-12-15-5-2-1-3-6-15/h1-3,5-6,9-10H,4,7-8,11-14H2,(H,22,24)/t19-/m1/s1. The summed E-state index contributed by atoms with van der Waals surface area (Å²) in [6.07, 6.45) is 5.46. The third-order valence-electron chi connectivity index (χ3n) is 4.78. The average Bonchev–Trinajstić information content (AvgIpc) is 3.02. The number of amides is 1. The Labute approximate surface area is 157 Å². The van der Waals surface area contributed by atoms with Gasteiger partial charge >= 0.3 is 6.09 Å². The van der Waals surface area contributed by atoms with Crippen molar-refractivity contribution in [2.75, 3.05) is 19.6 Å². The highest BCUT2D eigenvalue weighted by molar-refractivity contribution is 7.98. The van der Waals surface area contributed by atoms with Crippen LogP contribution in [0.15, 0.2) is 47.9 Å². The van der Waals surface area contributed by atoms with E-state index in [0.717, 1.165) is 48.9 Å². The van der Waals surface area contributed by atoms with Crippen molar-refractivity contribution < 1.29 is 9.53 Å². The summed E-state index contributed by atoms with van der Waals surface area (Å²) in [7, 11) is 0. The summed E-state index contributed by atoms with van der Waals surface area (Å²) < 4.78 is 5.52. The molecule has 1 spiro atoms. The van der Waals surface area contributed by atoms with Gasteiger partial charge in [-0.1, -0.05) is 42.1 Å². The van der Waals surface area contributed by atoms with E-state index in [4.69, 9.17) is 4.74 Å². The van der Waals surface area contributed by atoms with Crippen LogP contribution in [0.3, 0.4) is 0 Å². The van der Waals surface area contributed by atoms with E-state index >= 15 is 0 Å². The number of carbonyl (C=O) groups excluding carboxylic acids is 1. The van der Waals surface area contributed by atoms with Crippen molar-refractivity contribution in [2.24, 2.45) is 0 Å². The van der Waals surface area contributed by atoms with E-state index in [1.807, 2.05) is 30.6 Å². The molecule has 1 atom stereocenters. The molecule has 26 heavy (non-hydrogen) atoms. The molecule has 1 aromatic heterocycles. The van der Waals surface area contributed by atoms with Crippen molar-refractivity contribution in [3.05, 3.63) is 53.9 Å². The quantitative estimate of drug-likeness (QED) is 0.645. The van der Waals surface area contributed by atoms with Crippen molar-refractivity contribution in [3.8, 4) is 0 Å². The zero-order valence-corrected chi connectivity index (χ0v) is 15.4. The van der Waals surface area contributed by atoms with E-state index in [-0.39, 0.29) is 11.7 Å². The number of benzene rings is 1. The summed E-state index contributed by atoms with van der Waals surface area (Å²) in [5.74, 6) is 0.868. The largest absolute Gasteiger partial charge is 0.440 e. The number of rotatable bonds is 5. The molecule has 2 aromatic rings. The molecule has 136 valence electrons. The molecule has 3 heterocycles. The van der Waals surface area contributed by atoms with Crippen LogP contribution in [-0.4, -0.2) is 46.2 Å². The van der Waals surface area contributed by atoms with Crippen LogP contribution in [0.5, 0.6) is 0 Å². The minimum Gasteiger partial charge on any atom is -0.440 e. The number of piperidine rings is 1. The normalized spacial score (nSPS) is 23.0.